The SMILES string of the molecule is NCCCCc1c(-c2cccnc2)[nH]c2ccc(OC(F)(F)F)cc12. The third-order valence-electron chi connectivity index (χ3n) is 3.94. The molecule has 0 fully saturated rings. The molecule has 0 aliphatic carbocycles. The van der Waals surface area contributed by atoms with E-state index in [1.807, 2.05) is 12.1 Å². The first kappa shape index (κ1) is 17.3. The van der Waals surface area contributed by atoms with Crippen molar-refractivity contribution in [1.29, 1.82) is 0 Å². The largest absolute Gasteiger partial charge is 0.573 e. The van der Waals surface area contributed by atoms with Crippen molar-refractivity contribution in [2.75, 3.05) is 6.54 Å². The molecule has 0 saturated heterocycles. The first-order chi connectivity index (χ1) is 12.0. The highest BCUT2D eigenvalue weighted by Crippen LogP contribution is 2.34. The van der Waals surface area contributed by atoms with Crippen molar-refractivity contribution in [2.45, 2.75) is 25.6 Å². The van der Waals surface area contributed by atoms with Crippen LogP contribution in [0, 0.1) is 0 Å². The molecule has 0 bridgehead atoms. The zero-order valence-electron chi connectivity index (χ0n) is 13.4. The number of aromatic nitrogens is 2. The number of nitrogens with one attached hydrogen (secondary N) is 1. The van der Waals surface area contributed by atoms with Crippen LogP contribution in [0.15, 0.2) is 42.7 Å². The Morgan fingerprint density at radius 1 is 1.16 bits per heavy atom. The topological polar surface area (TPSA) is 63.9 Å². The number of alkyl halides is 3. The number of hydrogen-bond donors (Lipinski definition) is 2. The molecule has 0 unspecified atom stereocenters. The summed E-state index contributed by atoms with van der Waals surface area (Å²) in [6.45, 7) is 0.576. The number of hydrogen-bond acceptors (Lipinski definition) is 3. The summed E-state index contributed by atoms with van der Waals surface area (Å²) >= 11 is 0. The number of pyridine rings is 1. The van der Waals surface area contributed by atoms with E-state index in [-0.39, 0.29) is 5.75 Å². The van der Waals surface area contributed by atoms with Crippen molar-refractivity contribution < 1.29 is 17.9 Å². The third kappa shape index (κ3) is 4.11. The van der Waals surface area contributed by atoms with E-state index in [0.717, 1.165) is 40.6 Å². The standard InChI is InChI=1S/C18H18F3N3O/c19-18(20,21)25-13-6-7-16-15(10-13)14(5-1-2-8-22)17(24-16)12-4-3-9-23-11-12/h3-4,6-7,9-11,24H,1-2,5,8,22H2. The molecule has 132 valence electrons. The van der Waals surface area contributed by atoms with Gasteiger partial charge in [-0.15, -0.1) is 13.2 Å². The monoisotopic (exact) mass is 349 g/mol. The van der Waals surface area contributed by atoms with E-state index in [2.05, 4.69) is 14.7 Å². The first-order valence-electron chi connectivity index (χ1n) is 7.99. The Labute approximate surface area is 142 Å². The van der Waals surface area contributed by atoms with Gasteiger partial charge in [-0.25, -0.2) is 0 Å². The fraction of sp³-hybridized carbons (Fsp3) is 0.278. The van der Waals surface area contributed by atoms with Gasteiger partial charge in [0.2, 0.25) is 0 Å². The number of rotatable bonds is 6. The summed E-state index contributed by atoms with van der Waals surface area (Å²) in [6.07, 6.45) is 1.09. The fourth-order valence-electron chi connectivity index (χ4n) is 2.89. The van der Waals surface area contributed by atoms with Crippen LogP contribution in [-0.2, 0) is 6.42 Å². The molecule has 4 nitrogen and oxygen atoms in total. The lowest BCUT2D eigenvalue weighted by atomic mass is 10.0. The maximum absolute atomic E-state index is 12.5. The Hall–Kier alpha value is -2.54. The van der Waals surface area contributed by atoms with E-state index in [1.54, 1.807) is 18.5 Å². The van der Waals surface area contributed by atoms with Crippen LogP contribution in [0.2, 0.25) is 0 Å². The second kappa shape index (κ2) is 7.14. The number of ether oxygens (including phenoxy) is 1. The summed E-state index contributed by atoms with van der Waals surface area (Å²) in [5.74, 6) is -0.225. The zero-order chi connectivity index (χ0) is 17.9. The Kier molecular flexibility index (Phi) is 4.94. The Morgan fingerprint density at radius 3 is 2.68 bits per heavy atom. The van der Waals surface area contributed by atoms with Gasteiger partial charge in [0.05, 0.1) is 5.69 Å². The molecule has 7 heteroatoms. The van der Waals surface area contributed by atoms with Crippen LogP contribution in [0.5, 0.6) is 5.75 Å². The number of benzene rings is 1. The van der Waals surface area contributed by atoms with Gasteiger partial charge in [0, 0.05) is 28.9 Å². The average molecular weight is 349 g/mol. The summed E-state index contributed by atoms with van der Waals surface area (Å²) in [7, 11) is 0. The van der Waals surface area contributed by atoms with Crippen molar-refractivity contribution in [3.63, 3.8) is 0 Å². The van der Waals surface area contributed by atoms with Gasteiger partial charge < -0.3 is 15.5 Å². The summed E-state index contributed by atoms with van der Waals surface area (Å²) in [6, 6.07) is 8.07. The molecule has 0 aliphatic rings. The summed E-state index contributed by atoms with van der Waals surface area (Å²) in [5.41, 5.74) is 9.02. The molecule has 25 heavy (non-hydrogen) atoms. The van der Waals surface area contributed by atoms with E-state index in [9.17, 15) is 13.2 Å². The molecule has 0 saturated carbocycles. The minimum absolute atomic E-state index is 0.225. The van der Waals surface area contributed by atoms with E-state index < -0.39 is 6.36 Å². The van der Waals surface area contributed by atoms with Gasteiger partial charge >= 0.3 is 6.36 Å². The average Bonchev–Trinajstić information content (AvgIpc) is 2.93. The Balaban J connectivity index is 2.07. The molecule has 0 aliphatic heterocycles. The van der Waals surface area contributed by atoms with Crippen LogP contribution in [0.3, 0.4) is 0 Å². The lowest BCUT2D eigenvalue weighted by Crippen LogP contribution is -2.16. The number of nitrogens with two attached hydrogens (primary N) is 1. The van der Waals surface area contributed by atoms with Gasteiger partial charge in [-0.1, -0.05) is 0 Å². The quantitative estimate of drug-likeness (QED) is 0.648. The molecule has 0 atom stereocenters. The highest BCUT2D eigenvalue weighted by atomic mass is 19.4. The number of fused-ring (bicyclic) bond motifs is 1. The highest BCUT2D eigenvalue weighted by Gasteiger charge is 2.31. The minimum atomic E-state index is -4.71. The van der Waals surface area contributed by atoms with Gasteiger partial charge in [-0.3, -0.25) is 4.98 Å². The second-order valence-corrected chi connectivity index (χ2v) is 5.72. The second-order valence-electron chi connectivity index (χ2n) is 5.72. The molecule has 2 heterocycles. The Morgan fingerprint density at radius 2 is 2.00 bits per heavy atom. The maximum Gasteiger partial charge on any atom is 0.573 e. The molecule has 0 spiro atoms. The molecular formula is C18H18F3N3O. The summed E-state index contributed by atoms with van der Waals surface area (Å²) < 4.78 is 41.6. The molecule has 2 aromatic heterocycles. The number of nitrogens with zero attached hydrogens (tertiary/aromatic N) is 1. The van der Waals surface area contributed by atoms with E-state index >= 15 is 0 Å². The maximum atomic E-state index is 12.5. The third-order valence-corrected chi connectivity index (χ3v) is 3.94. The van der Waals surface area contributed by atoms with Crippen LogP contribution in [0.25, 0.3) is 22.2 Å². The molecule has 0 radical (unpaired) electrons. The number of halogens is 3. The number of aryl methyl sites for hydroxylation is 1. The molecule has 1 aromatic carbocycles. The van der Waals surface area contributed by atoms with Gasteiger partial charge in [-0.2, -0.15) is 0 Å². The van der Waals surface area contributed by atoms with Gasteiger partial charge in [0.15, 0.2) is 0 Å². The molecular weight excluding hydrogens is 331 g/mol. The molecule has 3 rings (SSSR count). The smallest absolute Gasteiger partial charge is 0.406 e. The minimum Gasteiger partial charge on any atom is -0.406 e. The summed E-state index contributed by atoms with van der Waals surface area (Å²) in [5, 5.41) is 0.720. The zero-order valence-corrected chi connectivity index (χ0v) is 13.4. The van der Waals surface area contributed by atoms with Crippen LogP contribution >= 0.6 is 0 Å². The van der Waals surface area contributed by atoms with Crippen LogP contribution in [0.4, 0.5) is 13.2 Å². The normalized spacial score (nSPS) is 11.8. The van der Waals surface area contributed by atoms with Crippen LogP contribution in [-0.4, -0.2) is 22.9 Å². The van der Waals surface area contributed by atoms with Crippen molar-refractivity contribution in [2.24, 2.45) is 5.73 Å². The predicted octanol–water partition coefficient (Wildman–Crippen LogP) is 4.41. The summed E-state index contributed by atoms with van der Waals surface area (Å²) in [4.78, 5) is 7.41. The van der Waals surface area contributed by atoms with E-state index in [1.165, 1.54) is 12.1 Å². The fourth-order valence-corrected chi connectivity index (χ4v) is 2.89. The Bertz CT molecular complexity index is 844. The van der Waals surface area contributed by atoms with Crippen molar-refractivity contribution >= 4 is 10.9 Å². The van der Waals surface area contributed by atoms with Crippen LogP contribution < -0.4 is 10.5 Å². The predicted molar refractivity (Wildman–Crippen MR) is 90.2 cm³/mol. The molecule has 3 N–H and O–H groups in total. The number of H-pyrrole nitrogens is 1. The number of unbranched alkanes of at least 4 members (excludes halogenated alkanes) is 1. The van der Waals surface area contributed by atoms with Gasteiger partial charge in [0.25, 0.3) is 0 Å². The highest BCUT2D eigenvalue weighted by molar-refractivity contribution is 5.91. The molecule has 3 aromatic rings. The van der Waals surface area contributed by atoms with Crippen molar-refractivity contribution in [1.82, 2.24) is 9.97 Å². The number of aromatic amines is 1. The van der Waals surface area contributed by atoms with Crippen molar-refractivity contribution in [3.05, 3.63) is 48.3 Å². The first-order valence-corrected chi connectivity index (χ1v) is 7.99. The lowest BCUT2D eigenvalue weighted by Gasteiger charge is -2.09. The van der Waals surface area contributed by atoms with E-state index in [4.69, 9.17) is 5.73 Å². The van der Waals surface area contributed by atoms with E-state index in [0.29, 0.717) is 13.0 Å². The van der Waals surface area contributed by atoms with Gasteiger partial charge in [0.1, 0.15) is 5.75 Å². The van der Waals surface area contributed by atoms with Gasteiger partial charge in [-0.05, 0) is 61.7 Å². The molecule has 0 amide bonds. The lowest BCUT2D eigenvalue weighted by molar-refractivity contribution is -0.274. The van der Waals surface area contributed by atoms with Crippen molar-refractivity contribution in [3.8, 4) is 17.0 Å². The van der Waals surface area contributed by atoms with Crippen LogP contribution in [0.1, 0.15) is 18.4 Å².